The Morgan fingerprint density at radius 3 is 2.32 bits per heavy atom. The van der Waals surface area contributed by atoms with E-state index < -0.39 is 11.9 Å². The molecule has 1 unspecified atom stereocenters. The number of rotatable bonds is 5. The van der Waals surface area contributed by atoms with E-state index in [-0.39, 0.29) is 23.6 Å². The molecule has 0 radical (unpaired) electrons. The van der Waals surface area contributed by atoms with Crippen LogP contribution in [0.4, 0.5) is 5.69 Å². The molecule has 1 atom stereocenters. The van der Waals surface area contributed by atoms with Crippen LogP contribution in [0.2, 0.25) is 5.02 Å². The maximum absolute atomic E-state index is 13.7. The third-order valence-electron chi connectivity index (χ3n) is 6.56. The lowest BCUT2D eigenvalue weighted by atomic mass is 9.68. The van der Waals surface area contributed by atoms with Crippen molar-refractivity contribution >= 4 is 29.0 Å². The van der Waals surface area contributed by atoms with Crippen molar-refractivity contribution in [2.24, 2.45) is 11.1 Å². The molecule has 1 aliphatic heterocycles. The van der Waals surface area contributed by atoms with Crippen LogP contribution >= 0.6 is 11.6 Å². The first-order chi connectivity index (χ1) is 16.2. The molecule has 2 aromatic carbocycles. The Morgan fingerprint density at radius 2 is 1.74 bits per heavy atom. The van der Waals surface area contributed by atoms with Crippen LogP contribution in [0.1, 0.15) is 57.6 Å². The molecule has 2 aliphatic rings. The first-order valence-electron chi connectivity index (χ1n) is 11.7. The molecule has 0 fully saturated rings. The molecule has 0 saturated heterocycles. The minimum Gasteiger partial charge on any atom is -0.463 e. The zero-order valence-electron chi connectivity index (χ0n) is 20.2. The van der Waals surface area contributed by atoms with E-state index in [1.807, 2.05) is 41.3 Å². The largest absolute Gasteiger partial charge is 0.463 e. The van der Waals surface area contributed by atoms with Crippen LogP contribution in [-0.2, 0) is 20.7 Å². The number of esters is 1. The van der Waals surface area contributed by atoms with Crippen LogP contribution in [0.5, 0.6) is 0 Å². The molecule has 34 heavy (non-hydrogen) atoms. The lowest BCUT2D eigenvalue weighted by Gasteiger charge is -2.44. The minimum absolute atomic E-state index is 0.0316. The van der Waals surface area contributed by atoms with Crippen molar-refractivity contribution in [3.63, 3.8) is 0 Å². The summed E-state index contributed by atoms with van der Waals surface area (Å²) in [5, 5.41) is 0.595. The quantitative estimate of drug-likeness (QED) is 0.543. The third-order valence-corrected chi connectivity index (χ3v) is 6.81. The lowest BCUT2D eigenvalue weighted by Crippen LogP contribution is -2.43. The van der Waals surface area contributed by atoms with E-state index in [4.69, 9.17) is 22.1 Å². The van der Waals surface area contributed by atoms with Gasteiger partial charge in [-0.1, -0.05) is 56.6 Å². The third kappa shape index (κ3) is 4.37. The number of ketones is 1. The second-order valence-electron chi connectivity index (χ2n) is 9.66. The number of hydrogen-bond acceptors (Lipinski definition) is 5. The van der Waals surface area contributed by atoms with E-state index in [1.165, 1.54) is 5.56 Å². The summed E-state index contributed by atoms with van der Waals surface area (Å²) < 4.78 is 5.45. The second-order valence-corrected chi connectivity index (χ2v) is 10.1. The number of halogens is 1. The highest BCUT2D eigenvalue weighted by molar-refractivity contribution is 6.30. The smallest absolute Gasteiger partial charge is 0.338 e. The molecule has 1 heterocycles. The Kier molecular flexibility index (Phi) is 6.59. The Hall–Kier alpha value is -3.05. The SMILES string of the molecule is CCOC(=O)C1=C(N)N(c2ccc(Cl)cc2)C2=C(C(=O)CC(C)(C)C2)C1c1ccc(CC)cc1. The fourth-order valence-electron chi connectivity index (χ4n) is 4.98. The van der Waals surface area contributed by atoms with Crippen molar-refractivity contribution in [2.45, 2.75) is 52.9 Å². The van der Waals surface area contributed by atoms with Crippen molar-refractivity contribution in [1.29, 1.82) is 0 Å². The molecule has 0 aromatic heterocycles. The first-order valence-corrected chi connectivity index (χ1v) is 12.1. The van der Waals surface area contributed by atoms with Gasteiger partial charge in [-0.15, -0.1) is 0 Å². The van der Waals surface area contributed by atoms with Crippen LogP contribution < -0.4 is 10.6 Å². The summed E-state index contributed by atoms with van der Waals surface area (Å²) >= 11 is 6.14. The monoisotopic (exact) mass is 478 g/mol. The Bertz CT molecular complexity index is 1180. The van der Waals surface area contributed by atoms with Crippen LogP contribution in [0.15, 0.2) is 71.2 Å². The number of carbonyl (C=O) groups excluding carboxylic acids is 2. The zero-order chi connectivity index (χ0) is 24.6. The number of nitrogens with two attached hydrogens (primary N) is 1. The van der Waals surface area contributed by atoms with E-state index in [2.05, 4.69) is 20.8 Å². The van der Waals surface area contributed by atoms with E-state index in [9.17, 15) is 9.59 Å². The normalized spacial score (nSPS) is 19.9. The average molecular weight is 479 g/mol. The molecule has 0 spiro atoms. The van der Waals surface area contributed by atoms with E-state index in [1.54, 1.807) is 19.1 Å². The van der Waals surface area contributed by atoms with Gasteiger partial charge in [0, 0.05) is 28.4 Å². The van der Waals surface area contributed by atoms with Gasteiger partial charge in [0.1, 0.15) is 5.82 Å². The topological polar surface area (TPSA) is 72.6 Å². The van der Waals surface area contributed by atoms with E-state index in [0.29, 0.717) is 29.0 Å². The van der Waals surface area contributed by atoms with Gasteiger partial charge in [-0.2, -0.15) is 0 Å². The predicted octanol–water partition coefficient (Wildman–Crippen LogP) is 5.88. The summed E-state index contributed by atoms with van der Waals surface area (Å²) in [4.78, 5) is 28.8. The molecule has 2 aromatic rings. The predicted molar refractivity (Wildman–Crippen MR) is 135 cm³/mol. The van der Waals surface area contributed by atoms with Gasteiger partial charge >= 0.3 is 5.97 Å². The zero-order valence-corrected chi connectivity index (χ0v) is 20.9. The summed E-state index contributed by atoms with van der Waals surface area (Å²) in [6, 6.07) is 15.3. The molecule has 2 N–H and O–H groups in total. The van der Waals surface area contributed by atoms with Gasteiger partial charge in [0.25, 0.3) is 0 Å². The van der Waals surface area contributed by atoms with Gasteiger partial charge < -0.3 is 10.5 Å². The van der Waals surface area contributed by atoms with Crippen molar-refractivity contribution in [3.8, 4) is 0 Å². The van der Waals surface area contributed by atoms with Crippen molar-refractivity contribution < 1.29 is 14.3 Å². The van der Waals surface area contributed by atoms with Gasteiger partial charge in [-0.3, -0.25) is 9.69 Å². The van der Waals surface area contributed by atoms with Crippen LogP contribution in [-0.4, -0.2) is 18.4 Å². The number of anilines is 1. The molecular formula is C28H31ClN2O3. The second kappa shape index (κ2) is 9.30. The fraction of sp³-hybridized carbons (Fsp3) is 0.357. The fourth-order valence-corrected chi connectivity index (χ4v) is 5.11. The standard InChI is InChI=1S/C28H31ClN2O3/c1-5-17-7-9-18(10-8-17)23-24-21(15-28(3,4)16-22(24)32)31(20-13-11-19(29)12-14-20)26(30)25(23)27(33)34-6-2/h7-14,23H,5-6,15-16,30H2,1-4H3. The highest BCUT2D eigenvalue weighted by Gasteiger charge is 2.46. The molecule has 178 valence electrons. The Morgan fingerprint density at radius 1 is 1.09 bits per heavy atom. The van der Waals surface area contributed by atoms with Crippen LogP contribution in [0.3, 0.4) is 0 Å². The molecule has 0 bridgehead atoms. The number of hydrogen-bond donors (Lipinski definition) is 1. The summed E-state index contributed by atoms with van der Waals surface area (Å²) in [6.07, 6.45) is 1.95. The summed E-state index contributed by atoms with van der Waals surface area (Å²) in [7, 11) is 0. The van der Waals surface area contributed by atoms with Gasteiger partial charge in [-0.25, -0.2) is 4.79 Å². The van der Waals surface area contributed by atoms with Crippen LogP contribution in [0.25, 0.3) is 0 Å². The van der Waals surface area contributed by atoms with Gasteiger partial charge in [0.2, 0.25) is 0 Å². The Labute approximate surface area is 206 Å². The van der Waals surface area contributed by atoms with Gasteiger partial charge in [-0.05, 0) is 60.6 Å². The van der Waals surface area contributed by atoms with E-state index >= 15 is 0 Å². The summed E-state index contributed by atoms with van der Waals surface area (Å²) in [6.45, 7) is 8.24. The maximum Gasteiger partial charge on any atom is 0.338 e. The highest BCUT2D eigenvalue weighted by atomic mass is 35.5. The molecule has 0 amide bonds. The number of nitrogens with zero attached hydrogens (tertiary/aromatic N) is 1. The summed E-state index contributed by atoms with van der Waals surface area (Å²) in [5.74, 6) is -0.765. The minimum atomic E-state index is -0.577. The van der Waals surface area contributed by atoms with Gasteiger partial charge in [0.15, 0.2) is 5.78 Å². The summed E-state index contributed by atoms with van der Waals surface area (Å²) in [5.41, 5.74) is 11.1. The molecule has 5 nitrogen and oxygen atoms in total. The highest BCUT2D eigenvalue weighted by Crippen LogP contribution is 2.50. The molecule has 0 saturated carbocycles. The number of benzene rings is 2. The van der Waals surface area contributed by atoms with Gasteiger partial charge in [0.05, 0.1) is 18.1 Å². The van der Waals surface area contributed by atoms with Crippen molar-refractivity contribution in [3.05, 3.63) is 87.3 Å². The number of allylic oxidation sites excluding steroid dienone is 2. The number of carbonyl (C=O) groups is 2. The van der Waals surface area contributed by atoms with Crippen LogP contribution in [0, 0.1) is 5.41 Å². The molecule has 4 rings (SSSR count). The number of Topliss-reactive ketones (excluding diaryl/α,β-unsaturated/α-hetero) is 1. The maximum atomic E-state index is 13.7. The lowest BCUT2D eigenvalue weighted by molar-refractivity contribution is -0.138. The molecule has 6 heteroatoms. The number of ether oxygens (including phenoxy) is 1. The first kappa shape index (κ1) is 24.1. The average Bonchev–Trinajstić information content (AvgIpc) is 2.78. The number of aryl methyl sites for hydroxylation is 1. The molecular weight excluding hydrogens is 448 g/mol. The van der Waals surface area contributed by atoms with Crippen molar-refractivity contribution in [1.82, 2.24) is 0 Å². The van der Waals surface area contributed by atoms with E-state index in [0.717, 1.165) is 23.4 Å². The van der Waals surface area contributed by atoms with Crippen molar-refractivity contribution in [2.75, 3.05) is 11.5 Å². The Balaban J connectivity index is 2.00. The molecule has 1 aliphatic carbocycles.